The Labute approximate surface area is 118 Å². The second kappa shape index (κ2) is 7.75. The third-order valence-corrected chi connectivity index (χ3v) is 5.46. The number of hydrogen-bond donors (Lipinski definition) is 0. The van der Waals surface area contributed by atoms with Crippen LogP contribution in [-0.4, -0.2) is 30.4 Å². The molecule has 0 atom stereocenters. The number of unbranched alkanes of at least 4 members (excludes halogenated alkanes) is 3. The van der Waals surface area contributed by atoms with Crippen molar-refractivity contribution in [3.8, 4) is 0 Å². The Balaban J connectivity index is 1.58. The molecule has 0 aromatic heterocycles. The summed E-state index contributed by atoms with van der Waals surface area (Å²) in [4.78, 5) is 2.71. The van der Waals surface area contributed by atoms with E-state index in [1.807, 2.05) is 0 Å². The van der Waals surface area contributed by atoms with Gasteiger partial charge in [0.05, 0.1) is 0 Å². The van der Waals surface area contributed by atoms with Crippen molar-refractivity contribution >= 4 is 11.6 Å². The van der Waals surface area contributed by atoms with Crippen molar-refractivity contribution in [1.82, 2.24) is 4.90 Å². The summed E-state index contributed by atoms with van der Waals surface area (Å²) < 4.78 is 0. The summed E-state index contributed by atoms with van der Waals surface area (Å²) >= 11 is 5.70. The number of hydrogen-bond acceptors (Lipinski definition) is 1. The predicted molar refractivity (Wildman–Crippen MR) is 80.4 cm³/mol. The van der Waals surface area contributed by atoms with E-state index in [2.05, 4.69) is 4.90 Å². The van der Waals surface area contributed by atoms with Gasteiger partial charge in [-0.15, -0.1) is 11.6 Å². The standard InChI is InChI=1S/C16H30ClN/c17-12-6-1-2-7-13-18-14-10-16(11-15-18)8-4-3-5-9-16/h1-15H2. The summed E-state index contributed by atoms with van der Waals surface area (Å²) in [6.45, 7) is 4.07. The first-order valence-corrected chi connectivity index (χ1v) is 8.66. The Morgan fingerprint density at radius 3 is 2.11 bits per heavy atom. The van der Waals surface area contributed by atoms with Crippen LogP contribution in [0.1, 0.15) is 70.6 Å². The van der Waals surface area contributed by atoms with Crippen LogP contribution in [0.15, 0.2) is 0 Å². The first kappa shape index (κ1) is 14.7. The van der Waals surface area contributed by atoms with Gasteiger partial charge in [0.1, 0.15) is 0 Å². The van der Waals surface area contributed by atoms with Gasteiger partial charge in [0.15, 0.2) is 0 Å². The van der Waals surface area contributed by atoms with Crippen molar-refractivity contribution in [2.24, 2.45) is 5.41 Å². The van der Waals surface area contributed by atoms with Crippen LogP contribution < -0.4 is 0 Å². The summed E-state index contributed by atoms with van der Waals surface area (Å²) in [6.07, 6.45) is 15.8. The molecular formula is C16H30ClN. The van der Waals surface area contributed by atoms with E-state index in [9.17, 15) is 0 Å². The van der Waals surface area contributed by atoms with Crippen molar-refractivity contribution in [3.63, 3.8) is 0 Å². The number of rotatable bonds is 6. The highest BCUT2D eigenvalue weighted by Crippen LogP contribution is 2.44. The van der Waals surface area contributed by atoms with Gasteiger partial charge in [-0.1, -0.05) is 32.1 Å². The number of halogens is 1. The maximum absolute atomic E-state index is 5.70. The van der Waals surface area contributed by atoms with E-state index in [0.717, 1.165) is 11.3 Å². The van der Waals surface area contributed by atoms with Crippen molar-refractivity contribution in [3.05, 3.63) is 0 Å². The zero-order valence-electron chi connectivity index (χ0n) is 11.9. The molecule has 1 saturated carbocycles. The summed E-state index contributed by atoms with van der Waals surface area (Å²) in [5.41, 5.74) is 0.771. The molecule has 0 aromatic rings. The van der Waals surface area contributed by atoms with E-state index < -0.39 is 0 Å². The molecule has 0 bridgehead atoms. The molecule has 1 aliphatic heterocycles. The monoisotopic (exact) mass is 271 g/mol. The summed E-state index contributed by atoms with van der Waals surface area (Å²) in [7, 11) is 0. The van der Waals surface area contributed by atoms with E-state index in [4.69, 9.17) is 11.6 Å². The Kier molecular flexibility index (Phi) is 6.31. The summed E-state index contributed by atoms with van der Waals surface area (Å²) in [5.74, 6) is 0.840. The Hall–Kier alpha value is 0.250. The quantitative estimate of drug-likeness (QED) is 0.494. The van der Waals surface area contributed by atoms with Gasteiger partial charge in [-0.3, -0.25) is 0 Å². The highest BCUT2D eigenvalue weighted by Gasteiger charge is 2.35. The van der Waals surface area contributed by atoms with Crippen molar-refractivity contribution < 1.29 is 0 Å². The Morgan fingerprint density at radius 2 is 1.44 bits per heavy atom. The van der Waals surface area contributed by atoms with E-state index in [1.165, 1.54) is 90.3 Å². The lowest BCUT2D eigenvalue weighted by atomic mass is 9.68. The van der Waals surface area contributed by atoms with Crippen LogP contribution in [0.25, 0.3) is 0 Å². The van der Waals surface area contributed by atoms with Crippen molar-refractivity contribution in [2.45, 2.75) is 70.6 Å². The number of piperidine rings is 1. The molecule has 2 fully saturated rings. The topological polar surface area (TPSA) is 3.24 Å². The molecule has 0 aromatic carbocycles. The summed E-state index contributed by atoms with van der Waals surface area (Å²) in [5, 5.41) is 0. The third kappa shape index (κ3) is 4.42. The minimum absolute atomic E-state index is 0.771. The molecule has 18 heavy (non-hydrogen) atoms. The van der Waals surface area contributed by atoms with Gasteiger partial charge in [-0.05, 0) is 63.6 Å². The normalized spacial score (nSPS) is 24.5. The maximum atomic E-state index is 5.70. The third-order valence-electron chi connectivity index (χ3n) is 5.19. The molecule has 0 radical (unpaired) electrons. The SMILES string of the molecule is ClCCCCCCN1CCC2(CCCCC2)CC1. The van der Waals surface area contributed by atoms with E-state index >= 15 is 0 Å². The van der Waals surface area contributed by atoms with Crippen LogP contribution in [0.3, 0.4) is 0 Å². The molecule has 2 aliphatic rings. The molecule has 2 rings (SSSR count). The first-order chi connectivity index (χ1) is 8.85. The minimum atomic E-state index is 0.771. The van der Waals surface area contributed by atoms with Gasteiger partial charge >= 0.3 is 0 Å². The highest BCUT2D eigenvalue weighted by atomic mass is 35.5. The second-order valence-electron chi connectivity index (χ2n) is 6.51. The largest absolute Gasteiger partial charge is 0.303 e. The molecule has 1 spiro atoms. The molecule has 1 heterocycles. The van der Waals surface area contributed by atoms with Gasteiger partial charge in [-0.25, -0.2) is 0 Å². The fourth-order valence-corrected chi connectivity index (χ4v) is 4.03. The van der Waals surface area contributed by atoms with Crippen LogP contribution in [0, 0.1) is 5.41 Å². The average Bonchev–Trinajstić information content (AvgIpc) is 2.42. The van der Waals surface area contributed by atoms with Gasteiger partial charge < -0.3 is 4.90 Å². The summed E-state index contributed by atoms with van der Waals surface area (Å²) in [6, 6.07) is 0. The van der Waals surface area contributed by atoms with Gasteiger partial charge in [0.2, 0.25) is 0 Å². The van der Waals surface area contributed by atoms with Crippen LogP contribution in [0.5, 0.6) is 0 Å². The van der Waals surface area contributed by atoms with Gasteiger partial charge in [0.25, 0.3) is 0 Å². The Bertz CT molecular complexity index is 213. The van der Waals surface area contributed by atoms with Gasteiger partial charge in [0, 0.05) is 5.88 Å². The van der Waals surface area contributed by atoms with Crippen molar-refractivity contribution in [2.75, 3.05) is 25.5 Å². The molecule has 2 heteroatoms. The smallest absolute Gasteiger partial charge is 0.0223 e. The predicted octanol–water partition coefficient (Wildman–Crippen LogP) is 4.83. The van der Waals surface area contributed by atoms with Gasteiger partial charge in [-0.2, -0.15) is 0 Å². The minimum Gasteiger partial charge on any atom is -0.303 e. The van der Waals surface area contributed by atoms with Crippen LogP contribution in [-0.2, 0) is 0 Å². The van der Waals surface area contributed by atoms with E-state index in [0.29, 0.717) is 0 Å². The molecule has 1 nitrogen and oxygen atoms in total. The molecule has 106 valence electrons. The number of likely N-dealkylation sites (tertiary alicyclic amines) is 1. The fourth-order valence-electron chi connectivity index (χ4n) is 3.84. The molecule has 1 aliphatic carbocycles. The average molecular weight is 272 g/mol. The van der Waals surface area contributed by atoms with Crippen molar-refractivity contribution in [1.29, 1.82) is 0 Å². The zero-order valence-corrected chi connectivity index (χ0v) is 12.7. The molecule has 0 unspecified atom stereocenters. The molecule has 0 N–H and O–H groups in total. The van der Waals surface area contributed by atoms with E-state index in [-0.39, 0.29) is 0 Å². The lowest BCUT2D eigenvalue weighted by Crippen LogP contribution is -2.41. The number of nitrogens with zero attached hydrogens (tertiary/aromatic N) is 1. The van der Waals surface area contributed by atoms with E-state index in [1.54, 1.807) is 0 Å². The molecule has 0 amide bonds. The molecular weight excluding hydrogens is 242 g/mol. The lowest BCUT2D eigenvalue weighted by Gasteiger charge is -2.44. The maximum Gasteiger partial charge on any atom is 0.0223 e. The molecule has 1 saturated heterocycles. The highest BCUT2D eigenvalue weighted by molar-refractivity contribution is 6.17. The van der Waals surface area contributed by atoms with Crippen LogP contribution in [0.2, 0.25) is 0 Å². The number of alkyl halides is 1. The zero-order chi connectivity index (χ0) is 12.7. The van der Waals surface area contributed by atoms with Crippen LogP contribution >= 0.6 is 11.6 Å². The fraction of sp³-hybridized carbons (Fsp3) is 1.00. The van der Waals surface area contributed by atoms with Crippen LogP contribution in [0.4, 0.5) is 0 Å². The second-order valence-corrected chi connectivity index (χ2v) is 6.88. The first-order valence-electron chi connectivity index (χ1n) is 8.13. The Morgan fingerprint density at radius 1 is 0.778 bits per heavy atom. The lowest BCUT2D eigenvalue weighted by molar-refractivity contribution is 0.0670.